The lowest BCUT2D eigenvalue weighted by Crippen LogP contribution is -2.30. The van der Waals surface area contributed by atoms with Crippen molar-refractivity contribution in [2.24, 2.45) is 0 Å². The highest BCUT2D eigenvalue weighted by atomic mass is 16.5. The minimum absolute atomic E-state index is 1.05. The average Bonchev–Trinajstić information content (AvgIpc) is 1.91. The molecule has 0 aliphatic heterocycles. The number of hydrogen-bond donors (Lipinski definition) is 4. The maximum atomic E-state index is 9.46. The highest BCUT2D eigenvalue weighted by molar-refractivity contribution is 5.70. The third kappa shape index (κ3) is 8.95. The van der Waals surface area contributed by atoms with E-state index in [1.165, 1.54) is 0 Å². The Hall–Kier alpha value is -0.810. The fraction of sp³-hybridized carbons (Fsp3) is 0.667. The van der Waals surface area contributed by atoms with E-state index in [-0.39, 0.29) is 0 Å². The van der Waals surface area contributed by atoms with Crippen LogP contribution in [0.3, 0.4) is 0 Å². The fourth-order valence-electron chi connectivity index (χ4n) is 0.0250. The lowest BCUT2D eigenvalue weighted by Gasteiger charge is -1.88. The van der Waals surface area contributed by atoms with Gasteiger partial charge in [0.2, 0.25) is 0 Å². The normalized spacial score (nSPS) is 6.00. The molecule has 0 aliphatic rings. The lowest BCUT2D eigenvalue weighted by molar-refractivity contribution is 0.114. The van der Waals surface area contributed by atoms with E-state index in [2.05, 4.69) is 0 Å². The van der Waals surface area contributed by atoms with Crippen LogP contribution in [0.5, 0.6) is 0 Å². The van der Waals surface area contributed by atoms with E-state index in [0.29, 0.717) is 0 Å². The molecule has 2 amide bonds. The predicted octanol–water partition coefficient (Wildman–Crippen LogP) is 0.0902. The average molecular weight is 122 g/mol. The van der Waals surface area contributed by atoms with Crippen molar-refractivity contribution in [3.63, 3.8) is 0 Å². The molecule has 0 aromatic heterocycles. The van der Waals surface area contributed by atoms with Gasteiger partial charge in [0.1, 0.15) is 0 Å². The van der Waals surface area contributed by atoms with E-state index in [9.17, 15) is 4.79 Å². The molecule has 8 heavy (non-hydrogen) atoms. The van der Waals surface area contributed by atoms with E-state index in [4.69, 9.17) is 10.4 Å². The second-order valence-electron chi connectivity index (χ2n) is 0.553. The van der Waals surface area contributed by atoms with Gasteiger partial charge >= 0.3 is 6.03 Å². The van der Waals surface area contributed by atoms with Crippen molar-refractivity contribution in [2.45, 2.75) is 13.8 Å². The van der Waals surface area contributed by atoms with Crippen molar-refractivity contribution in [2.75, 3.05) is 0 Å². The Bertz CT molecular complexity index is 50.5. The lowest BCUT2D eigenvalue weighted by atomic mass is 11.0. The van der Waals surface area contributed by atoms with Crippen LogP contribution in [0.15, 0.2) is 0 Å². The van der Waals surface area contributed by atoms with E-state index < -0.39 is 6.03 Å². The van der Waals surface area contributed by atoms with Crippen LogP contribution in [0.1, 0.15) is 13.8 Å². The van der Waals surface area contributed by atoms with E-state index in [1.54, 1.807) is 0 Å². The molecule has 0 spiro atoms. The summed E-state index contributed by atoms with van der Waals surface area (Å²) < 4.78 is 0. The molecule has 4 N–H and O–H groups in total. The second-order valence-corrected chi connectivity index (χ2v) is 0.553. The third-order valence-electron chi connectivity index (χ3n) is 0.203. The Morgan fingerprint density at radius 3 is 1.50 bits per heavy atom. The molecule has 0 radical (unpaired) electrons. The van der Waals surface area contributed by atoms with Crippen molar-refractivity contribution in [3.8, 4) is 0 Å². The highest BCUT2D eigenvalue weighted by Crippen LogP contribution is 1.47. The summed E-state index contributed by atoms with van der Waals surface area (Å²) in [6.07, 6.45) is 0. The van der Waals surface area contributed by atoms with Gasteiger partial charge in [0.15, 0.2) is 0 Å². The van der Waals surface area contributed by atoms with Gasteiger partial charge in [-0.1, -0.05) is 13.8 Å². The summed E-state index contributed by atoms with van der Waals surface area (Å²) in [7, 11) is 0. The van der Waals surface area contributed by atoms with E-state index >= 15 is 0 Å². The van der Waals surface area contributed by atoms with Crippen LogP contribution in [0, 0.1) is 0 Å². The Morgan fingerprint density at radius 1 is 1.25 bits per heavy atom. The smallest absolute Gasteiger partial charge is 0.287 e. The van der Waals surface area contributed by atoms with Crippen molar-refractivity contribution >= 4 is 6.03 Å². The third-order valence-corrected chi connectivity index (χ3v) is 0.203. The molecule has 0 saturated carbocycles. The minimum Gasteiger partial charge on any atom is -0.287 e. The Morgan fingerprint density at radius 2 is 1.50 bits per heavy atom. The van der Waals surface area contributed by atoms with Crippen LogP contribution in [0.25, 0.3) is 0 Å². The quantitative estimate of drug-likeness (QED) is 0.271. The zero-order chi connectivity index (χ0) is 6.99. The van der Waals surface area contributed by atoms with Crippen molar-refractivity contribution < 1.29 is 15.2 Å². The molecule has 0 aromatic carbocycles. The molecule has 0 heterocycles. The maximum Gasteiger partial charge on any atom is 0.362 e. The molecular formula is C3H10N2O3. The summed E-state index contributed by atoms with van der Waals surface area (Å²) in [4.78, 5) is 9.46. The van der Waals surface area contributed by atoms with E-state index in [0.717, 1.165) is 11.0 Å². The van der Waals surface area contributed by atoms with Gasteiger partial charge in [0.05, 0.1) is 0 Å². The molecule has 0 atom stereocenters. The van der Waals surface area contributed by atoms with E-state index in [1.807, 2.05) is 13.8 Å². The molecular weight excluding hydrogens is 112 g/mol. The van der Waals surface area contributed by atoms with Crippen molar-refractivity contribution in [3.05, 3.63) is 0 Å². The number of urea groups is 1. The zero-order valence-corrected chi connectivity index (χ0v) is 4.80. The van der Waals surface area contributed by atoms with Gasteiger partial charge in [-0.2, -0.15) is 0 Å². The molecule has 0 saturated heterocycles. The number of hydroxylamine groups is 2. The Balaban J connectivity index is 0. The minimum atomic E-state index is -1.05. The van der Waals surface area contributed by atoms with Gasteiger partial charge in [0, 0.05) is 0 Å². The SMILES string of the molecule is CC.O=C(NO)NO. The second kappa shape index (κ2) is 9.50. The molecule has 0 unspecified atom stereocenters. The number of carbonyl (C=O) groups excluding carboxylic acids is 1. The van der Waals surface area contributed by atoms with Gasteiger partial charge in [-0.05, 0) is 0 Å². The van der Waals surface area contributed by atoms with Crippen LogP contribution in [0.2, 0.25) is 0 Å². The molecule has 0 aliphatic carbocycles. The first-order valence-corrected chi connectivity index (χ1v) is 2.15. The molecule has 0 fully saturated rings. The number of carbonyl (C=O) groups is 1. The summed E-state index contributed by atoms with van der Waals surface area (Å²) in [6, 6.07) is -1.05. The number of rotatable bonds is 0. The maximum absolute atomic E-state index is 9.46. The molecule has 0 rings (SSSR count). The first-order valence-electron chi connectivity index (χ1n) is 2.15. The summed E-state index contributed by atoms with van der Waals surface area (Å²) in [5, 5.41) is 15.0. The van der Waals surface area contributed by atoms with Gasteiger partial charge < -0.3 is 0 Å². The van der Waals surface area contributed by atoms with Gasteiger partial charge in [-0.15, -0.1) is 0 Å². The highest BCUT2D eigenvalue weighted by Gasteiger charge is 1.85. The topological polar surface area (TPSA) is 81.6 Å². The monoisotopic (exact) mass is 122 g/mol. The van der Waals surface area contributed by atoms with Gasteiger partial charge in [-0.3, -0.25) is 10.4 Å². The number of hydrogen-bond acceptors (Lipinski definition) is 3. The van der Waals surface area contributed by atoms with Gasteiger partial charge in [0.25, 0.3) is 0 Å². The first kappa shape index (κ1) is 10.2. The van der Waals surface area contributed by atoms with Crippen LogP contribution in [-0.4, -0.2) is 16.4 Å². The van der Waals surface area contributed by atoms with Crippen molar-refractivity contribution in [1.29, 1.82) is 0 Å². The zero-order valence-electron chi connectivity index (χ0n) is 4.80. The van der Waals surface area contributed by atoms with Crippen LogP contribution < -0.4 is 11.0 Å². The summed E-state index contributed by atoms with van der Waals surface area (Å²) in [5.41, 5.74) is 2.23. The summed E-state index contributed by atoms with van der Waals surface area (Å²) in [6.45, 7) is 4.00. The molecule has 50 valence electrons. The first-order chi connectivity index (χ1) is 3.81. The largest absolute Gasteiger partial charge is 0.362 e. The van der Waals surface area contributed by atoms with Gasteiger partial charge in [-0.25, -0.2) is 15.8 Å². The summed E-state index contributed by atoms with van der Waals surface area (Å²) in [5.74, 6) is 0. The summed E-state index contributed by atoms with van der Waals surface area (Å²) >= 11 is 0. The fourth-order valence-corrected chi connectivity index (χ4v) is 0.0250. The predicted molar refractivity (Wildman–Crippen MR) is 26.6 cm³/mol. The Labute approximate surface area is 47.2 Å². The molecule has 0 aromatic rings. The molecule has 5 heteroatoms. The van der Waals surface area contributed by atoms with Crippen LogP contribution >= 0.6 is 0 Å². The number of amides is 2. The molecule has 0 bridgehead atoms. The standard InChI is InChI=1S/C2H6.CH4N2O3/c1-2;4-1(2-5)3-6/h1-2H3;5-6H,(H2,2,3,4). The van der Waals surface area contributed by atoms with Crippen LogP contribution in [-0.2, 0) is 0 Å². The molecule has 5 nitrogen and oxygen atoms in total. The number of nitrogens with one attached hydrogen (secondary N) is 2. The Kier molecular flexibility index (Phi) is 12.1. The van der Waals surface area contributed by atoms with Crippen molar-refractivity contribution in [1.82, 2.24) is 11.0 Å². The van der Waals surface area contributed by atoms with Crippen LogP contribution in [0.4, 0.5) is 4.79 Å².